The van der Waals surface area contributed by atoms with E-state index in [-0.39, 0.29) is 0 Å². The first-order chi connectivity index (χ1) is 7.27. The Bertz CT molecular complexity index is 462. The molecule has 0 saturated carbocycles. The third-order valence-electron chi connectivity index (χ3n) is 1.95. The molecule has 0 N–H and O–H groups in total. The molecule has 0 aliphatic rings. The molecule has 1 rings (SSSR count). The van der Waals surface area contributed by atoms with Gasteiger partial charge in [-0.15, -0.1) is 0 Å². The fraction of sp³-hybridized carbons (Fsp3) is 0.182. The van der Waals surface area contributed by atoms with E-state index in [1.165, 1.54) is 0 Å². The molecule has 4 heteroatoms. The molecule has 15 heavy (non-hydrogen) atoms. The molecule has 0 atom stereocenters. The molecular formula is C11H10N4. The van der Waals surface area contributed by atoms with Gasteiger partial charge in [-0.25, -0.2) is 0 Å². The lowest BCUT2D eigenvalue weighted by Gasteiger charge is -1.99. The zero-order valence-electron chi connectivity index (χ0n) is 8.38. The Morgan fingerprint density at radius 1 is 1.60 bits per heavy atom. The summed E-state index contributed by atoms with van der Waals surface area (Å²) in [6, 6.07) is 7.55. The Labute approximate surface area is 88.1 Å². The second kappa shape index (κ2) is 5.48. The maximum Gasteiger partial charge on any atom is 0.0991 e. The van der Waals surface area contributed by atoms with E-state index in [4.69, 9.17) is 10.8 Å². The molecule has 0 spiro atoms. The van der Waals surface area contributed by atoms with Crippen molar-refractivity contribution in [3.8, 4) is 6.07 Å². The predicted octanol–water partition coefficient (Wildman–Crippen LogP) is 3.19. The van der Waals surface area contributed by atoms with Crippen LogP contribution in [0.25, 0.3) is 16.5 Å². The van der Waals surface area contributed by atoms with Crippen LogP contribution in [0.4, 0.5) is 0 Å². The minimum Gasteiger partial charge on any atom is -0.192 e. The van der Waals surface area contributed by atoms with Crippen LogP contribution in [0.15, 0.2) is 29.4 Å². The fourth-order valence-corrected chi connectivity index (χ4v) is 1.20. The lowest BCUT2D eigenvalue weighted by Crippen LogP contribution is -1.83. The monoisotopic (exact) mass is 198 g/mol. The molecule has 0 amide bonds. The van der Waals surface area contributed by atoms with Crippen molar-refractivity contribution in [2.45, 2.75) is 6.92 Å². The quantitative estimate of drug-likeness (QED) is 0.417. The summed E-state index contributed by atoms with van der Waals surface area (Å²) >= 11 is 0. The summed E-state index contributed by atoms with van der Waals surface area (Å²) in [5.74, 6) is 0. The van der Waals surface area contributed by atoms with Gasteiger partial charge in [0.2, 0.25) is 0 Å². The second-order valence-corrected chi connectivity index (χ2v) is 3.00. The van der Waals surface area contributed by atoms with E-state index in [1.807, 2.05) is 25.1 Å². The van der Waals surface area contributed by atoms with Gasteiger partial charge in [0.15, 0.2) is 0 Å². The molecule has 0 bridgehead atoms. The van der Waals surface area contributed by atoms with Crippen molar-refractivity contribution in [3.05, 3.63) is 51.4 Å². The minimum atomic E-state index is 0.343. The summed E-state index contributed by atoms with van der Waals surface area (Å²) in [7, 11) is 0. The van der Waals surface area contributed by atoms with E-state index in [1.54, 1.807) is 12.1 Å². The molecule has 0 saturated heterocycles. The van der Waals surface area contributed by atoms with Crippen molar-refractivity contribution in [1.29, 1.82) is 5.26 Å². The number of nitrogens with zero attached hydrogens (tertiary/aromatic N) is 4. The highest BCUT2D eigenvalue weighted by atomic mass is 15.1. The van der Waals surface area contributed by atoms with Crippen LogP contribution in [0.1, 0.15) is 16.7 Å². The van der Waals surface area contributed by atoms with Crippen LogP contribution >= 0.6 is 0 Å². The van der Waals surface area contributed by atoms with Crippen LogP contribution in [0.5, 0.6) is 0 Å². The molecule has 74 valence electrons. The van der Waals surface area contributed by atoms with Crippen molar-refractivity contribution in [2.24, 2.45) is 5.11 Å². The molecule has 1 aromatic rings. The van der Waals surface area contributed by atoms with E-state index in [0.717, 1.165) is 11.1 Å². The van der Waals surface area contributed by atoms with E-state index < -0.39 is 0 Å². The molecule has 0 aliphatic carbocycles. The highest BCUT2D eigenvalue weighted by molar-refractivity contribution is 5.55. The van der Waals surface area contributed by atoms with Crippen LogP contribution in [-0.2, 0) is 0 Å². The molecule has 4 nitrogen and oxygen atoms in total. The van der Waals surface area contributed by atoms with Crippen LogP contribution in [0, 0.1) is 18.3 Å². The summed E-state index contributed by atoms with van der Waals surface area (Å²) < 4.78 is 0. The van der Waals surface area contributed by atoms with E-state index in [2.05, 4.69) is 16.1 Å². The van der Waals surface area contributed by atoms with Gasteiger partial charge in [0, 0.05) is 11.5 Å². The summed E-state index contributed by atoms with van der Waals surface area (Å²) in [5, 5.41) is 12.1. The Balaban J connectivity index is 2.83. The van der Waals surface area contributed by atoms with E-state index in [9.17, 15) is 0 Å². The Hall–Kier alpha value is -2.24. The number of azide groups is 1. The summed E-state index contributed by atoms with van der Waals surface area (Å²) in [5.41, 5.74) is 10.8. The molecule has 0 fully saturated rings. The minimum absolute atomic E-state index is 0.343. The lowest BCUT2D eigenvalue weighted by atomic mass is 10.1. The second-order valence-electron chi connectivity index (χ2n) is 3.00. The standard InChI is InChI=1S/C11H10N4/c1-9-7-10(8-12)4-5-11(9)3-2-6-14-15-13/h2-5,7H,6H2,1H3. The van der Waals surface area contributed by atoms with Crippen LogP contribution in [-0.4, -0.2) is 6.54 Å². The molecule has 0 aromatic heterocycles. The van der Waals surface area contributed by atoms with Gasteiger partial charge >= 0.3 is 0 Å². The number of rotatable bonds is 3. The first kappa shape index (κ1) is 10.8. The Morgan fingerprint density at radius 2 is 2.40 bits per heavy atom. The number of benzene rings is 1. The van der Waals surface area contributed by atoms with Gasteiger partial charge in [0.1, 0.15) is 0 Å². The highest BCUT2D eigenvalue weighted by Gasteiger charge is 1.95. The Morgan fingerprint density at radius 3 is 3.00 bits per heavy atom. The van der Waals surface area contributed by atoms with Crippen molar-refractivity contribution in [3.63, 3.8) is 0 Å². The zero-order valence-corrected chi connectivity index (χ0v) is 8.38. The largest absolute Gasteiger partial charge is 0.192 e. The van der Waals surface area contributed by atoms with Crippen molar-refractivity contribution >= 4 is 6.08 Å². The Kier molecular flexibility index (Phi) is 3.96. The maximum absolute atomic E-state index is 8.68. The summed E-state index contributed by atoms with van der Waals surface area (Å²) in [4.78, 5) is 2.65. The third kappa shape index (κ3) is 3.18. The SMILES string of the molecule is Cc1cc(C#N)ccc1C=CCN=[N+]=[N-]. The molecule has 0 unspecified atom stereocenters. The maximum atomic E-state index is 8.68. The van der Waals surface area contributed by atoms with Crippen molar-refractivity contribution in [1.82, 2.24) is 0 Å². The first-order valence-corrected chi connectivity index (χ1v) is 4.46. The van der Waals surface area contributed by atoms with Crippen LogP contribution < -0.4 is 0 Å². The lowest BCUT2D eigenvalue weighted by molar-refractivity contribution is 1.22. The normalized spacial score (nSPS) is 9.60. The number of hydrogen-bond donors (Lipinski definition) is 0. The third-order valence-corrected chi connectivity index (χ3v) is 1.95. The van der Waals surface area contributed by atoms with Crippen molar-refractivity contribution in [2.75, 3.05) is 6.54 Å². The molecule has 1 aromatic carbocycles. The van der Waals surface area contributed by atoms with Gasteiger partial charge < -0.3 is 0 Å². The number of aryl methyl sites for hydroxylation is 1. The summed E-state index contributed by atoms with van der Waals surface area (Å²) in [6.45, 7) is 2.28. The predicted molar refractivity (Wildman–Crippen MR) is 58.9 cm³/mol. The van der Waals surface area contributed by atoms with Gasteiger partial charge in [0.25, 0.3) is 0 Å². The molecule has 0 heterocycles. The van der Waals surface area contributed by atoms with Gasteiger partial charge in [-0.05, 0) is 35.7 Å². The topological polar surface area (TPSA) is 72.5 Å². The van der Waals surface area contributed by atoms with Crippen LogP contribution in [0.3, 0.4) is 0 Å². The number of hydrogen-bond acceptors (Lipinski definition) is 2. The zero-order chi connectivity index (χ0) is 11.1. The van der Waals surface area contributed by atoms with Gasteiger partial charge in [-0.3, -0.25) is 0 Å². The average Bonchev–Trinajstić information content (AvgIpc) is 2.26. The van der Waals surface area contributed by atoms with Gasteiger partial charge in [-0.2, -0.15) is 5.26 Å². The first-order valence-electron chi connectivity index (χ1n) is 4.46. The molecular weight excluding hydrogens is 188 g/mol. The van der Waals surface area contributed by atoms with E-state index in [0.29, 0.717) is 12.1 Å². The molecule has 0 radical (unpaired) electrons. The highest BCUT2D eigenvalue weighted by Crippen LogP contribution is 2.12. The van der Waals surface area contributed by atoms with Gasteiger partial charge in [-0.1, -0.05) is 23.3 Å². The number of nitriles is 1. The summed E-state index contributed by atoms with van der Waals surface area (Å²) in [6.07, 6.45) is 3.67. The van der Waals surface area contributed by atoms with Crippen molar-refractivity contribution < 1.29 is 0 Å². The smallest absolute Gasteiger partial charge is 0.0991 e. The van der Waals surface area contributed by atoms with E-state index >= 15 is 0 Å². The molecule has 0 aliphatic heterocycles. The fourth-order valence-electron chi connectivity index (χ4n) is 1.20. The van der Waals surface area contributed by atoms with Gasteiger partial charge in [0.05, 0.1) is 11.6 Å². The average molecular weight is 198 g/mol. The van der Waals surface area contributed by atoms with Crippen LogP contribution in [0.2, 0.25) is 0 Å².